The summed E-state index contributed by atoms with van der Waals surface area (Å²) in [4.78, 5) is 28.5. The molecule has 1 unspecified atom stereocenters. The fourth-order valence-corrected chi connectivity index (χ4v) is 5.56. The highest BCUT2D eigenvalue weighted by molar-refractivity contribution is 7.92. The summed E-state index contributed by atoms with van der Waals surface area (Å²) in [5.74, 6) is -0.111. The Labute approximate surface area is 241 Å². The molecule has 3 aromatic rings. The second-order valence-corrected chi connectivity index (χ2v) is 12.2. The first kappa shape index (κ1) is 31.0. The topological polar surface area (TPSA) is 96.0 Å². The summed E-state index contributed by atoms with van der Waals surface area (Å²) in [7, 11) is -2.69. The third kappa shape index (κ3) is 7.76. The lowest BCUT2D eigenvalue weighted by atomic mass is 10.1. The van der Waals surface area contributed by atoms with E-state index in [1.54, 1.807) is 43.3 Å². The van der Waals surface area contributed by atoms with Crippen LogP contribution in [0.2, 0.25) is 5.02 Å². The van der Waals surface area contributed by atoms with E-state index in [4.69, 9.17) is 16.3 Å². The summed E-state index contributed by atoms with van der Waals surface area (Å²) in [6.07, 6.45) is 0. The van der Waals surface area contributed by atoms with E-state index in [2.05, 4.69) is 5.32 Å². The number of sulfonamides is 1. The molecule has 214 valence electrons. The first-order valence-corrected chi connectivity index (χ1v) is 14.8. The van der Waals surface area contributed by atoms with Crippen LogP contribution in [0.1, 0.15) is 31.9 Å². The van der Waals surface area contributed by atoms with Crippen molar-refractivity contribution in [1.82, 2.24) is 10.2 Å². The summed E-state index contributed by atoms with van der Waals surface area (Å²) in [6, 6.07) is 18.9. The first-order chi connectivity index (χ1) is 18.9. The Hall–Kier alpha value is -3.56. The van der Waals surface area contributed by atoms with Crippen LogP contribution in [0.4, 0.5) is 5.69 Å². The molecule has 0 aliphatic carbocycles. The lowest BCUT2D eigenvalue weighted by Gasteiger charge is -2.32. The maximum Gasteiger partial charge on any atom is 0.264 e. The molecule has 2 amide bonds. The van der Waals surface area contributed by atoms with Crippen LogP contribution in [-0.4, -0.2) is 51.4 Å². The van der Waals surface area contributed by atoms with Gasteiger partial charge in [0.1, 0.15) is 18.3 Å². The normalized spacial score (nSPS) is 12.1. The lowest BCUT2D eigenvalue weighted by Crippen LogP contribution is -2.51. The predicted octanol–water partition coefficient (Wildman–Crippen LogP) is 5.04. The van der Waals surface area contributed by atoms with E-state index >= 15 is 0 Å². The van der Waals surface area contributed by atoms with Crippen LogP contribution >= 0.6 is 11.6 Å². The molecule has 3 rings (SSSR count). The third-order valence-electron chi connectivity index (χ3n) is 6.49. The van der Waals surface area contributed by atoms with E-state index < -0.39 is 28.5 Å². The van der Waals surface area contributed by atoms with Gasteiger partial charge in [0.25, 0.3) is 10.0 Å². The second kappa shape index (κ2) is 13.7. The fraction of sp³-hybridized carbons (Fsp3) is 0.333. The average molecular weight is 586 g/mol. The molecule has 8 nitrogen and oxygen atoms in total. The molecule has 0 saturated carbocycles. The number of carbonyl (C=O) groups excluding carboxylic acids is 2. The lowest BCUT2D eigenvalue weighted by molar-refractivity contribution is -0.139. The fourth-order valence-electron chi connectivity index (χ4n) is 4.02. The van der Waals surface area contributed by atoms with Crippen molar-refractivity contribution >= 4 is 39.1 Å². The number of anilines is 1. The molecule has 0 heterocycles. The number of ether oxygens (including phenoxy) is 1. The molecule has 0 spiro atoms. The summed E-state index contributed by atoms with van der Waals surface area (Å²) in [6.45, 7) is 7.61. The molecular formula is C30H36ClN3O5S. The number of hydrogen-bond donors (Lipinski definition) is 1. The van der Waals surface area contributed by atoms with Gasteiger partial charge >= 0.3 is 0 Å². The highest BCUT2D eigenvalue weighted by Crippen LogP contribution is 2.27. The number of halogens is 1. The summed E-state index contributed by atoms with van der Waals surface area (Å²) in [5, 5.41) is 3.31. The van der Waals surface area contributed by atoms with Crippen molar-refractivity contribution in [3.05, 3.63) is 88.9 Å². The number of benzene rings is 3. The van der Waals surface area contributed by atoms with E-state index in [1.807, 2.05) is 45.0 Å². The van der Waals surface area contributed by atoms with Gasteiger partial charge in [0.15, 0.2) is 0 Å². The van der Waals surface area contributed by atoms with Crippen LogP contribution in [0.5, 0.6) is 5.75 Å². The van der Waals surface area contributed by atoms with E-state index in [1.165, 1.54) is 24.1 Å². The monoisotopic (exact) mass is 585 g/mol. The van der Waals surface area contributed by atoms with Gasteiger partial charge in [0, 0.05) is 18.1 Å². The van der Waals surface area contributed by atoms with Crippen molar-refractivity contribution in [2.24, 2.45) is 5.92 Å². The molecule has 1 atom stereocenters. The second-order valence-electron chi connectivity index (χ2n) is 9.93. The number of nitrogens with one attached hydrogen (secondary N) is 1. The molecule has 40 heavy (non-hydrogen) atoms. The molecule has 0 saturated heterocycles. The molecule has 3 aromatic carbocycles. The van der Waals surface area contributed by atoms with Gasteiger partial charge in [-0.2, -0.15) is 0 Å². The van der Waals surface area contributed by atoms with Crippen molar-refractivity contribution in [2.45, 2.75) is 45.2 Å². The molecular weight excluding hydrogens is 550 g/mol. The van der Waals surface area contributed by atoms with Crippen LogP contribution in [0, 0.1) is 12.8 Å². The van der Waals surface area contributed by atoms with Crippen molar-refractivity contribution < 1.29 is 22.7 Å². The number of carbonyl (C=O) groups is 2. The Morgan fingerprint density at radius 2 is 1.57 bits per heavy atom. The van der Waals surface area contributed by atoms with E-state index in [0.717, 1.165) is 15.4 Å². The maximum atomic E-state index is 14.0. The SMILES string of the molecule is COc1ccc(S(=O)(=O)N(CC(=O)N(Cc2ccccc2C)C(C)C(=O)NCC(C)C)c2ccc(Cl)cc2)cc1. The zero-order valence-corrected chi connectivity index (χ0v) is 25.0. The van der Waals surface area contributed by atoms with Crippen molar-refractivity contribution in [2.75, 3.05) is 24.5 Å². The van der Waals surface area contributed by atoms with Crippen LogP contribution in [0.3, 0.4) is 0 Å². The number of hydrogen-bond acceptors (Lipinski definition) is 5. The summed E-state index contributed by atoms with van der Waals surface area (Å²) >= 11 is 6.07. The van der Waals surface area contributed by atoms with Gasteiger partial charge in [-0.1, -0.05) is 49.7 Å². The van der Waals surface area contributed by atoms with Gasteiger partial charge < -0.3 is 15.0 Å². The Kier molecular flexibility index (Phi) is 10.6. The van der Waals surface area contributed by atoms with E-state index in [0.29, 0.717) is 17.3 Å². The third-order valence-corrected chi connectivity index (χ3v) is 8.53. The number of nitrogens with zero attached hydrogens (tertiary/aromatic N) is 2. The molecule has 0 radical (unpaired) electrons. The van der Waals surface area contributed by atoms with Gasteiger partial charge in [-0.3, -0.25) is 13.9 Å². The van der Waals surface area contributed by atoms with E-state index in [9.17, 15) is 18.0 Å². The Bertz CT molecular complexity index is 1410. The van der Waals surface area contributed by atoms with Gasteiger partial charge in [-0.05, 0) is 79.4 Å². The zero-order chi connectivity index (χ0) is 29.4. The average Bonchev–Trinajstić information content (AvgIpc) is 2.94. The van der Waals surface area contributed by atoms with Gasteiger partial charge in [0.05, 0.1) is 17.7 Å². The number of methoxy groups -OCH3 is 1. The number of amides is 2. The van der Waals surface area contributed by atoms with Crippen LogP contribution < -0.4 is 14.4 Å². The predicted molar refractivity (Wildman–Crippen MR) is 158 cm³/mol. The van der Waals surface area contributed by atoms with Crippen LogP contribution in [0.15, 0.2) is 77.7 Å². The Morgan fingerprint density at radius 1 is 0.950 bits per heavy atom. The number of aryl methyl sites for hydroxylation is 1. The number of rotatable bonds is 12. The zero-order valence-electron chi connectivity index (χ0n) is 23.4. The minimum absolute atomic E-state index is 0.00997. The summed E-state index contributed by atoms with van der Waals surface area (Å²) < 4.78 is 33.9. The Morgan fingerprint density at radius 3 is 2.15 bits per heavy atom. The summed E-state index contributed by atoms with van der Waals surface area (Å²) in [5.41, 5.74) is 2.08. The smallest absolute Gasteiger partial charge is 0.264 e. The highest BCUT2D eigenvalue weighted by Gasteiger charge is 2.32. The quantitative estimate of drug-likeness (QED) is 0.321. The molecule has 10 heteroatoms. The molecule has 0 fully saturated rings. The van der Waals surface area contributed by atoms with Crippen molar-refractivity contribution in [3.63, 3.8) is 0 Å². The maximum absolute atomic E-state index is 14.0. The van der Waals surface area contributed by atoms with Crippen LogP contribution in [-0.2, 0) is 26.2 Å². The van der Waals surface area contributed by atoms with Gasteiger partial charge in [0.2, 0.25) is 11.8 Å². The van der Waals surface area contributed by atoms with Crippen molar-refractivity contribution in [3.8, 4) is 5.75 Å². The van der Waals surface area contributed by atoms with Crippen molar-refractivity contribution in [1.29, 1.82) is 0 Å². The molecule has 1 N–H and O–H groups in total. The van der Waals surface area contributed by atoms with Crippen LogP contribution in [0.25, 0.3) is 0 Å². The standard InChI is InChI=1S/C30H36ClN3O5S/c1-21(2)18-32-30(36)23(4)33(19-24-9-7-6-8-22(24)3)29(35)20-34(26-12-10-25(31)11-13-26)40(37,38)28-16-14-27(39-5)15-17-28/h6-17,21,23H,18-20H2,1-5H3,(H,32,36). The Balaban J connectivity index is 2.02. The van der Waals surface area contributed by atoms with E-state index in [-0.39, 0.29) is 29.0 Å². The first-order valence-electron chi connectivity index (χ1n) is 13.0. The van der Waals surface area contributed by atoms with Gasteiger partial charge in [-0.25, -0.2) is 8.42 Å². The largest absolute Gasteiger partial charge is 0.497 e. The molecule has 0 aromatic heterocycles. The highest BCUT2D eigenvalue weighted by atomic mass is 35.5. The minimum Gasteiger partial charge on any atom is -0.497 e. The molecule has 0 aliphatic rings. The molecule has 0 bridgehead atoms. The molecule has 0 aliphatic heterocycles. The van der Waals surface area contributed by atoms with Gasteiger partial charge in [-0.15, -0.1) is 0 Å². The minimum atomic E-state index is -4.18.